The van der Waals surface area contributed by atoms with Gasteiger partial charge >= 0.3 is 0 Å². The third kappa shape index (κ3) is 1.39. The molecule has 73 valence electrons. The number of anilines is 1. The van der Waals surface area contributed by atoms with Gasteiger partial charge in [0, 0.05) is 5.56 Å². The van der Waals surface area contributed by atoms with Crippen LogP contribution in [0.25, 0.3) is 0 Å². The molecule has 1 radical (unpaired) electrons. The molecule has 2 heteroatoms. The lowest BCUT2D eigenvalue weighted by Gasteiger charge is -2.09. The molecule has 2 N–H and O–H groups in total. The molecule has 2 aromatic rings. The number of nitrogens with one attached hydrogen (secondary N) is 2. The van der Waals surface area contributed by atoms with Crippen molar-refractivity contribution in [1.29, 1.82) is 0 Å². The van der Waals surface area contributed by atoms with Gasteiger partial charge in [0.15, 0.2) is 0 Å². The van der Waals surface area contributed by atoms with E-state index in [1.807, 2.05) is 24.3 Å². The second-order valence-corrected chi connectivity index (χ2v) is 3.54. The van der Waals surface area contributed by atoms with Gasteiger partial charge in [0.25, 0.3) is 0 Å². The fourth-order valence-corrected chi connectivity index (χ4v) is 1.84. The molecule has 1 aliphatic heterocycles. The lowest BCUT2D eigenvalue weighted by atomic mass is 10.00. The summed E-state index contributed by atoms with van der Waals surface area (Å²) in [4.78, 5) is 0. The van der Waals surface area contributed by atoms with E-state index in [-0.39, 0.29) is 0 Å². The molecule has 0 spiro atoms. The third-order valence-corrected chi connectivity index (χ3v) is 2.58. The Morgan fingerprint density at radius 2 is 1.40 bits per heavy atom. The quantitative estimate of drug-likeness (QED) is 0.730. The summed E-state index contributed by atoms with van der Waals surface area (Å²) < 4.78 is 0. The van der Waals surface area contributed by atoms with E-state index in [2.05, 4.69) is 41.2 Å². The van der Waals surface area contributed by atoms with Crippen molar-refractivity contribution in [2.75, 3.05) is 5.43 Å². The van der Waals surface area contributed by atoms with Gasteiger partial charge in [-0.25, -0.2) is 5.43 Å². The second kappa shape index (κ2) is 3.41. The zero-order chi connectivity index (χ0) is 10.1. The first-order valence-corrected chi connectivity index (χ1v) is 4.99. The van der Waals surface area contributed by atoms with E-state index in [0.717, 1.165) is 11.7 Å². The minimum atomic E-state index is 1.14. The first-order valence-electron chi connectivity index (χ1n) is 4.99. The molecule has 0 bridgehead atoms. The summed E-state index contributed by atoms with van der Waals surface area (Å²) in [6.07, 6.45) is 0. The van der Waals surface area contributed by atoms with Crippen LogP contribution >= 0.6 is 0 Å². The van der Waals surface area contributed by atoms with Crippen LogP contribution in [-0.4, -0.2) is 0 Å². The van der Waals surface area contributed by atoms with E-state index in [9.17, 15) is 0 Å². The van der Waals surface area contributed by atoms with Crippen molar-refractivity contribution in [2.45, 2.75) is 0 Å². The molecular formula is C13H11N2. The zero-order valence-electron chi connectivity index (χ0n) is 8.20. The summed E-state index contributed by atoms with van der Waals surface area (Å²) in [7, 11) is 0. The fourth-order valence-electron chi connectivity index (χ4n) is 1.84. The van der Waals surface area contributed by atoms with Crippen LogP contribution in [0.15, 0.2) is 54.6 Å². The molecule has 0 aromatic heterocycles. The molecule has 2 aromatic carbocycles. The number of hydrogen-bond donors (Lipinski definition) is 2. The van der Waals surface area contributed by atoms with Crippen molar-refractivity contribution in [3.8, 4) is 0 Å². The highest BCUT2D eigenvalue weighted by Gasteiger charge is 2.23. The van der Waals surface area contributed by atoms with Crippen LogP contribution in [0.3, 0.4) is 0 Å². The molecule has 15 heavy (non-hydrogen) atoms. The summed E-state index contributed by atoms with van der Waals surface area (Å²) in [5.74, 6) is 0. The monoisotopic (exact) mass is 195 g/mol. The van der Waals surface area contributed by atoms with Crippen LogP contribution < -0.4 is 10.9 Å². The first kappa shape index (κ1) is 8.50. The maximum Gasteiger partial charge on any atom is 0.117 e. The predicted molar refractivity (Wildman–Crippen MR) is 61.1 cm³/mol. The Morgan fingerprint density at radius 3 is 2.27 bits per heavy atom. The Balaban J connectivity index is 2.05. The average molecular weight is 195 g/mol. The second-order valence-electron chi connectivity index (χ2n) is 3.54. The number of benzene rings is 2. The molecule has 0 atom stereocenters. The van der Waals surface area contributed by atoms with E-state index >= 15 is 0 Å². The highest BCUT2D eigenvalue weighted by Crippen LogP contribution is 2.31. The lowest BCUT2D eigenvalue weighted by molar-refractivity contribution is 0.930. The number of rotatable bonds is 1. The summed E-state index contributed by atoms with van der Waals surface area (Å²) in [6, 6.07) is 19.7. The molecule has 0 saturated carbocycles. The van der Waals surface area contributed by atoms with Gasteiger partial charge in [-0.2, -0.15) is 0 Å². The largest absolute Gasteiger partial charge is 0.320 e. The van der Waals surface area contributed by atoms with Gasteiger partial charge in [0.1, 0.15) is 6.04 Å². The van der Waals surface area contributed by atoms with Gasteiger partial charge in [-0.05, 0) is 11.6 Å². The van der Waals surface area contributed by atoms with Crippen molar-refractivity contribution in [3.05, 3.63) is 71.8 Å². The van der Waals surface area contributed by atoms with E-state index in [1.54, 1.807) is 0 Å². The zero-order valence-corrected chi connectivity index (χ0v) is 8.20. The Hall–Kier alpha value is -1.80. The van der Waals surface area contributed by atoms with Gasteiger partial charge in [-0.3, -0.25) is 0 Å². The van der Waals surface area contributed by atoms with Crippen molar-refractivity contribution in [3.63, 3.8) is 0 Å². The van der Waals surface area contributed by atoms with Crippen molar-refractivity contribution in [1.82, 2.24) is 5.43 Å². The molecule has 0 fully saturated rings. The van der Waals surface area contributed by atoms with E-state index in [4.69, 9.17) is 0 Å². The van der Waals surface area contributed by atoms with Crippen LogP contribution in [0, 0.1) is 6.04 Å². The van der Waals surface area contributed by atoms with E-state index < -0.39 is 0 Å². The molecule has 2 nitrogen and oxygen atoms in total. The summed E-state index contributed by atoms with van der Waals surface area (Å²) in [5, 5.41) is 0. The molecule has 3 rings (SSSR count). The summed E-state index contributed by atoms with van der Waals surface area (Å²) in [6.45, 7) is 0. The maximum absolute atomic E-state index is 3.20. The highest BCUT2D eigenvalue weighted by atomic mass is 15.4. The van der Waals surface area contributed by atoms with Gasteiger partial charge in [0.2, 0.25) is 0 Å². The Bertz CT molecular complexity index is 465. The number of fused-ring (bicyclic) bond motifs is 1. The van der Waals surface area contributed by atoms with Crippen LogP contribution in [0.1, 0.15) is 11.1 Å². The highest BCUT2D eigenvalue weighted by molar-refractivity contribution is 5.65. The Kier molecular flexibility index (Phi) is 1.93. The minimum absolute atomic E-state index is 1.14. The van der Waals surface area contributed by atoms with E-state index in [1.165, 1.54) is 11.1 Å². The van der Waals surface area contributed by atoms with Crippen LogP contribution in [0.4, 0.5) is 5.69 Å². The van der Waals surface area contributed by atoms with Gasteiger partial charge < -0.3 is 5.43 Å². The molecular weight excluding hydrogens is 184 g/mol. The van der Waals surface area contributed by atoms with Crippen LogP contribution in [0.2, 0.25) is 0 Å². The Labute approximate surface area is 88.9 Å². The summed E-state index contributed by atoms with van der Waals surface area (Å²) >= 11 is 0. The van der Waals surface area contributed by atoms with Gasteiger partial charge in [0.05, 0.1) is 5.69 Å². The van der Waals surface area contributed by atoms with Crippen molar-refractivity contribution < 1.29 is 0 Å². The van der Waals surface area contributed by atoms with E-state index in [0.29, 0.717) is 0 Å². The average Bonchev–Trinajstić information content (AvgIpc) is 2.74. The van der Waals surface area contributed by atoms with Crippen LogP contribution in [0.5, 0.6) is 0 Å². The molecule has 1 aliphatic rings. The fraction of sp³-hybridized carbons (Fsp3) is 0. The molecule has 1 heterocycles. The predicted octanol–water partition coefficient (Wildman–Crippen LogP) is 2.55. The molecule has 0 amide bonds. The maximum atomic E-state index is 3.20. The third-order valence-electron chi connectivity index (χ3n) is 2.58. The SMILES string of the molecule is c1ccc([C]2NNc3ccccc32)cc1. The minimum Gasteiger partial charge on any atom is -0.320 e. The van der Waals surface area contributed by atoms with Gasteiger partial charge in [-0.1, -0.05) is 48.5 Å². The Morgan fingerprint density at radius 1 is 0.667 bits per heavy atom. The number of hydrogen-bond acceptors (Lipinski definition) is 2. The lowest BCUT2D eigenvalue weighted by Crippen LogP contribution is -2.20. The number of hydrazine groups is 1. The first-order chi connectivity index (χ1) is 7.45. The normalized spacial score (nSPS) is 14.7. The molecule has 0 saturated heterocycles. The molecule has 0 unspecified atom stereocenters. The van der Waals surface area contributed by atoms with Crippen molar-refractivity contribution in [2.24, 2.45) is 0 Å². The topological polar surface area (TPSA) is 24.1 Å². The number of para-hydroxylation sites is 1. The molecule has 0 aliphatic carbocycles. The smallest absolute Gasteiger partial charge is 0.117 e. The van der Waals surface area contributed by atoms with Crippen LogP contribution in [-0.2, 0) is 0 Å². The van der Waals surface area contributed by atoms with Gasteiger partial charge in [-0.15, -0.1) is 0 Å². The summed E-state index contributed by atoms with van der Waals surface area (Å²) in [5.41, 5.74) is 9.93. The standard InChI is InChI=1S/C13H11N2/c1-2-6-10(7-3-1)13-11-8-4-5-9-12(11)14-15-13/h1-9,14-15H. The van der Waals surface area contributed by atoms with Crippen molar-refractivity contribution >= 4 is 5.69 Å².